The number of pyridine rings is 1. The molecule has 1 aliphatic carbocycles. The van der Waals surface area contributed by atoms with Crippen LogP contribution in [0.1, 0.15) is 25.0 Å². The Morgan fingerprint density at radius 1 is 0.423 bits per heavy atom. The number of para-hydroxylation sites is 1. The average molecular weight is 667 g/mol. The van der Waals surface area contributed by atoms with E-state index in [4.69, 9.17) is 15.0 Å². The molecule has 0 bridgehead atoms. The number of aromatic nitrogens is 3. The van der Waals surface area contributed by atoms with Crippen LogP contribution in [0.5, 0.6) is 0 Å². The molecule has 0 amide bonds. The van der Waals surface area contributed by atoms with Crippen molar-refractivity contribution in [1.82, 2.24) is 15.0 Å². The van der Waals surface area contributed by atoms with Crippen LogP contribution < -0.4 is 4.90 Å². The second-order valence-electron chi connectivity index (χ2n) is 14.1. The Morgan fingerprint density at radius 2 is 1.06 bits per heavy atom. The summed E-state index contributed by atoms with van der Waals surface area (Å²) in [6, 6.07) is 58.1. The van der Waals surface area contributed by atoms with Crippen LogP contribution in [-0.4, -0.2) is 15.0 Å². The van der Waals surface area contributed by atoms with Gasteiger partial charge in [-0.15, -0.1) is 0 Å². The normalized spacial score (nSPS) is 13.3. The van der Waals surface area contributed by atoms with Gasteiger partial charge in [0.05, 0.1) is 22.8 Å². The Kier molecular flexibility index (Phi) is 6.80. The number of rotatable bonds is 4. The van der Waals surface area contributed by atoms with E-state index in [1.807, 2.05) is 36.5 Å². The second kappa shape index (κ2) is 11.7. The first-order valence-corrected chi connectivity index (χ1v) is 17.8. The van der Waals surface area contributed by atoms with Crippen molar-refractivity contribution in [2.24, 2.45) is 0 Å². The van der Waals surface area contributed by atoms with Crippen molar-refractivity contribution in [1.29, 1.82) is 0 Å². The van der Waals surface area contributed by atoms with Crippen LogP contribution >= 0.6 is 0 Å². The predicted octanol–water partition coefficient (Wildman–Crippen LogP) is 12.3. The van der Waals surface area contributed by atoms with Crippen LogP contribution in [0.25, 0.3) is 67.3 Å². The third-order valence-electron chi connectivity index (χ3n) is 10.7. The molecule has 2 aliphatic rings. The zero-order valence-electron chi connectivity index (χ0n) is 29.0. The maximum Gasteiger partial charge on any atom is 0.160 e. The van der Waals surface area contributed by atoms with Gasteiger partial charge >= 0.3 is 0 Å². The molecule has 4 nitrogen and oxygen atoms in total. The molecule has 0 N–H and O–H groups in total. The highest BCUT2D eigenvalue weighted by molar-refractivity contribution is 6.05. The molecule has 2 aromatic heterocycles. The van der Waals surface area contributed by atoms with Gasteiger partial charge < -0.3 is 0 Å². The van der Waals surface area contributed by atoms with E-state index in [2.05, 4.69) is 152 Å². The van der Waals surface area contributed by atoms with Gasteiger partial charge in [-0.1, -0.05) is 129 Å². The standard InChI is InChI=1S/C48H34N4/c1-48(2)40-21-11-9-19-34(40)38-28-36-37(29-41(38)48)35-20-10-12-22-44(35)52(46-23-13-14-26-49-46)45-25-24-33(27-39(36)45)43-30-42(31-15-5-3-6-16-31)50-47(51-43)32-17-7-4-8-18-32/h3-30H,1-2H3. The summed E-state index contributed by atoms with van der Waals surface area (Å²) in [6.07, 6.45) is 1.87. The first-order valence-electron chi connectivity index (χ1n) is 17.8. The van der Waals surface area contributed by atoms with Crippen molar-refractivity contribution < 1.29 is 0 Å². The molecule has 0 unspecified atom stereocenters. The largest absolute Gasteiger partial charge is 0.294 e. The van der Waals surface area contributed by atoms with E-state index in [9.17, 15) is 0 Å². The maximum atomic E-state index is 5.21. The lowest BCUT2D eigenvalue weighted by atomic mass is 9.80. The highest BCUT2D eigenvalue weighted by Crippen LogP contribution is 2.56. The zero-order valence-corrected chi connectivity index (χ0v) is 29.0. The van der Waals surface area contributed by atoms with Gasteiger partial charge in [0.2, 0.25) is 0 Å². The Hall–Kier alpha value is -6.65. The number of anilines is 3. The van der Waals surface area contributed by atoms with E-state index >= 15 is 0 Å². The quantitative estimate of drug-likeness (QED) is 0.187. The van der Waals surface area contributed by atoms with Crippen molar-refractivity contribution >= 4 is 17.2 Å². The molecule has 0 saturated heterocycles. The van der Waals surface area contributed by atoms with Crippen molar-refractivity contribution in [3.63, 3.8) is 0 Å². The Labute approximate surface area is 303 Å². The number of benzene rings is 6. The number of nitrogens with zero attached hydrogens (tertiary/aromatic N) is 4. The van der Waals surface area contributed by atoms with Crippen molar-refractivity contribution in [2.75, 3.05) is 4.90 Å². The minimum absolute atomic E-state index is 0.129. The first kappa shape index (κ1) is 30.2. The summed E-state index contributed by atoms with van der Waals surface area (Å²) < 4.78 is 0. The van der Waals surface area contributed by atoms with Crippen molar-refractivity contribution in [2.45, 2.75) is 19.3 Å². The van der Waals surface area contributed by atoms with Gasteiger partial charge in [-0.05, 0) is 81.9 Å². The van der Waals surface area contributed by atoms with E-state index in [1.165, 1.54) is 38.9 Å². The van der Waals surface area contributed by atoms with E-state index in [-0.39, 0.29) is 5.41 Å². The molecule has 4 heteroatoms. The summed E-state index contributed by atoms with van der Waals surface area (Å²) in [5.41, 5.74) is 16.9. The summed E-state index contributed by atoms with van der Waals surface area (Å²) in [5, 5.41) is 0. The molecule has 0 saturated carbocycles. The average Bonchev–Trinajstić information content (AvgIpc) is 3.35. The van der Waals surface area contributed by atoms with Crippen LogP contribution in [0, 0.1) is 0 Å². The minimum Gasteiger partial charge on any atom is -0.294 e. The van der Waals surface area contributed by atoms with E-state index < -0.39 is 0 Å². The molecule has 8 aromatic rings. The molecular weight excluding hydrogens is 633 g/mol. The summed E-state index contributed by atoms with van der Waals surface area (Å²) >= 11 is 0. The van der Waals surface area contributed by atoms with E-state index in [1.54, 1.807) is 0 Å². The van der Waals surface area contributed by atoms with Crippen molar-refractivity contribution in [3.05, 3.63) is 181 Å². The first-order chi connectivity index (χ1) is 25.5. The van der Waals surface area contributed by atoms with Crippen LogP contribution in [0.2, 0.25) is 0 Å². The van der Waals surface area contributed by atoms with Crippen molar-refractivity contribution in [3.8, 4) is 67.3 Å². The van der Waals surface area contributed by atoms with Gasteiger partial charge in [0.15, 0.2) is 5.82 Å². The number of hydrogen-bond donors (Lipinski definition) is 0. The van der Waals surface area contributed by atoms with Crippen LogP contribution in [-0.2, 0) is 5.41 Å². The molecule has 0 fully saturated rings. The fraction of sp³-hybridized carbons (Fsp3) is 0.0625. The molecule has 6 aromatic carbocycles. The third kappa shape index (κ3) is 4.72. The minimum atomic E-state index is -0.129. The van der Waals surface area contributed by atoms with Gasteiger partial charge in [0.1, 0.15) is 5.82 Å². The van der Waals surface area contributed by atoms with Gasteiger partial charge in [0, 0.05) is 39.4 Å². The van der Waals surface area contributed by atoms with Crippen LogP contribution in [0.4, 0.5) is 17.2 Å². The molecule has 3 heterocycles. The fourth-order valence-electron chi connectivity index (χ4n) is 8.13. The van der Waals surface area contributed by atoms with Gasteiger partial charge in [-0.25, -0.2) is 15.0 Å². The number of hydrogen-bond acceptors (Lipinski definition) is 4. The van der Waals surface area contributed by atoms with Gasteiger partial charge in [-0.2, -0.15) is 0 Å². The van der Waals surface area contributed by atoms with Gasteiger partial charge in [-0.3, -0.25) is 4.90 Å². The number of fused-ring (bicyclic) bond motifs is 8. The predicted molar refractivity (Wildman–Crippen MR) is 213 cm³/mol. The lowest BCUT2D eigenvalue weighted by Crippen LogP contribution is -2.15. The summed E-state index contributed by atoms with van der Waals surface area (Å²) in [6.45, 7) is 4.70. The zero-order chi connectivity index (χ0) is 34.8. The topological polar surface area (TPSA) is 41.9 Å². The monoisotopic (exact) mass is 666 g/mol. The van der Waals surface area contributed by atoms with Crippen LogP contribution in [0.3, 0.4) is 0 Å². The van der Waals surface area contributed by atoms with E-state index in [0.717, 1.165) is 50.8 Å². The Morgan fingerprint density at radius 3 is 1.83 bits per heavy atom. The molecule has 246 valence electrons. The lowest BCUT2D eigenvalue weighted by Gasteiger charge is -2.26. The summed E-state index contributed by atoms with van der Waals surface area (Å²) in [7, 11) is 0. The Bertz CT molecular complexity index is 2590. The van der Waals surface area contributed by atoms with E-state index in [0.29, 0.717) is 5.82 Å². The van der Waals surface area contributed by atoms with Gasteiger partial charge in [0.25, 0.3) is 0 Å². The molecule has 0 spiro atoms. The highest BCUT2D eigenvalue weighted by atomic mass is 15.2. The lowest BCUT2D eigenvalue weighted by molar-refractivity contribution is 0.660. The summed E-state index contributed by atoms with van der Waals surface area (Å²) in [5.74, 6) is 1.57. The highest BCUT2D eigenvalue weighted by Gasteiger charge is 2.37. The fourth-order valence-corrected chi connectivity index (χ4v) is 8.13. The molecule has 52 heavy (non-hydrogen) atoms. The van der Waals surface area contributed by atoms with Crippen LogP contribution in [0.15, 0.2) is 170 Å². The molecule has 0 radical (unpaired) electrons. The summed E-state index contributed by atoms with van der Waals surface area (Å²) in [4.78, 5) is 17.5. The SMILES string of the molecule is CC1(C)c2ccccc2-c2cc3c(cc21)-c1ccccc1N(c1ccccn1)c1ccc(-c2cc(-c4ccccc4)nc(-c4ccccc4)n2)cc1-3. The molecule has 0 atom stereocenters. The Balaban J connectivity index is 1.26. The maximum absolute atomic E-state index is 5.21. The smallest absolute Gasteiger partial charge is 0.160 e. The molecular formula is C48H34N4. The second-order valence-corrected chi connectivity index (χ2v) is 14.1. The molecule has 1 aliphatic heterocycles. The third-order valence-corrected chi connectivity index (χ3v) is 10.7. The molecule has 10 rings (SSSR count).